The molecule has 3 nitrogen and oxygen atoms in total. The Labute approximate surface area is 118 Å². The number of alkyl halides is 1. The third-order valence-corrected chi connectivity index (χ3v) is 3.67. The minimum Gasteiger partial charge on any atom is -0.341 e. The van der Waals surface area contributed by atoms with Crippen molar-refractivity contribution in [2.24, 2.45) is 0 Å². The number of nitrogens with zero attached hydrogens (tertiary/aromatic N) is 2. The van der Waals surface area contributed by atoms with Gasteiger partial charge < -0.3 is 4.90 Å². The summed E-state index contributed by atoms with van der Waals surface area (Å²) in [6.07, 6.45) is -0.00683. The number of likely N-dealkylation sites (N-methyl/N-ethyl adjacent to an activating group) is 1. The number of halogens is 2. The van der Waals surface area contributed by atoms with E-state index in [1.165, 1.54) is 12.1 Å². The maximum atomic E-state index is 13.2. The first kappa shape index (κ1) is 14.9. The third kappa shape index (κ3) is 3.33. The van der Waals surface area contributed by atoms with Crippen molar-refractivity contribution in [1.82, 2.24) is 9.80 Å². The first-order valence-corrected chi connectivity index (χ1v) is 6.84. The van der Waals surface area contributed by atoms with E-state index in [2.05, 4.69) is 0 Å². The van der Waals surface area contributed by atoms with E-state index in [0.717, 1.165) is 5.56 Å². The van der Waals surface area contributed by atoms with E-state index in [4.69, 9.17) is 0 Å². The molecule has 1 unspecified atom stereocenters. The molecule has 1 aromatic carbocycles. The summed E-state index contributed by atoms with van der Waals surface area (Å²) in [5, 5.41) is 0. The van der Waals surface area contributed by atoms with Crippen molar-refractivity contribution in [2.75, 3.05) is 27.2 Å². The molecule has 1 heterocycles. The average Bonchev–Trinajstić information content (AvgIpc) is 2.41. The van der Waals surface area contributed by atoms with E-state index in [9.17, 15) is 13.6 Å². The van der Waals surface area contributed by atoms with Gasteiger partial charge in [0.05, 0.1) is 0 Å². The van der Waals surface area contributed by atoms with Gasteiger partial charge in [-0.2, -0.15) is 0 Å². The molecule has 0 spiro atoms. The van der Waals surface area contributed by atoms with Gasteiger partial charge in [-0.05, 0) is 44.6 Å². The van der Waals surface area contributed by atoms with Crippen LogP contribution in [0.3, 0.4) is 0 Å². The predicted octanol–water partition coefficient (Wildman–Crippen LogP) is 2.39. The zero-order chi connectivity index (χ0) is 14.7. The van der Waals surface area contributed by atoms with E-state index in [1.807, 2.05) is 14.1 Å². The number of carbonyl (C=O) groups is 1. The van der Waals surface area contributed by atoms with Gasteiger partial charge in [0, 0.05) is 13.1 Å². The summed E-state index contributed by atoms with van der Waals surface area (Å²) in [5.41, 5.74) is 0.753. The Morgan fingerprint density at radius 3 is 2.30 bits per heavy atom. The monoisotopic (exact) mass is 282 g/mol. The van der Waals surface area contributed by atoms with Gasteiger partial charge in [-0.15, -0.1) is 0 Å². The summed E-state index contributed by atoms with van der Waals surface area (Å²) in [7, 11) is 3.63. The highest BCUT2D eigenvalue weighted by molar-refractivity contribution is 5.83. The largest absolute Gasteiger partial charge is 0.341 e. The van der Waals surface area contributed by atoms with E-state index in [1.54, 1.807) is 21.9 Å². The van der Waals surface area contributed by atoms with Crippen LogP contribution in [0.1, 0.15) is 24.4 Å². The van der Waals surface area contributed by atoms with Crippen LogP contribution >= 0.6 is 0 Å². The number of benzene rings is 1. The van der Waals surface area contributed by atoms with Gasteiger partial charge in [0.15, 0.2) is 0 Å². The van der Waals surface area contributed by atoms with Crippen LogP contribution in [0.4, 0.5) is 8.78 Å². The normalized spacial score (nSPS) is 18.4. The SMILES string of the molecule is CN(C)C(C(=O)N1CCC(F)CC1)c1ccc(F)cc1. The summed E-state index contributed by atoms with van der Waals surface area (Å²) in [5.74, 6) is -0.370. The van der Waals surface area contributed by atoms with Crippen molar-refractivity contribution in [3.05, 3.63) is 35.6 Å². The zero-order valence-corrected chi connectivity index (χ0v) is 11.9. The molecule has 0 saturated carbocycles. The van der Waals surface area contributed by atoms with Crippen LogP contribution in [0, 0.1) is 5.82 Å². The van der Waals surface area contributed by atoms with Crippen molar-refractivity contribution >= 4 is 5.91 Å². The molecule has 1 atom stereocenters. The second-order valence-electron chi connectivity index (χ2n) is 5.42. The quantitative estimate of drug-likeness (QED) is 0.850. The van der Waals surface area contributed by atoms with Crippen molar-refractivity contribution in [2.45, 2.75) is 25.1 Å². The number of rotatable bonds is 3. The minimum atomic E-state index is -0.803. The second-order valence-corrected chi connectivity index (χ2v) is 5.42. The summed E-state index contributed by atoms with van der Waals surface area (Å²) in [6.45, 7) is 0.900. The molecule has 1 fully saturated rings. The lowest BCUT2D eigenvalue weighted by atomic mass is 10.0. The van der Waals surface area contributed by atoms with E-state index in [0.29, 0.717) is 25.9 Å². The second kappa shape index (κ2) is 6.31. The van der Waals surface area contributed by atoms with Crippen molar-refractivity contribution < 1.29 is 13.6 Å². The molecule has 5 heteroatoms. The molecule has 0 aliphatic carbocycles. The van der Waals surface area contributed by atoms with Gasteiger partial charge in [0.1, 0.15) is 18.0 Å². The maximum Gasteiger partial charge on any atom is 0.244 e. The van der Waals surface area contributed by atoms with Crippen LogP contribution in [-0.4, -0.2) is 49.1 Å². The molecule has 110 valence electrons. The summed E-state index contributed by atoms with van der Waals surface area (Å²) >= 11 is 0. The highest BCUT2D eigenvalue weighted by Gasteiger charge is 2.30. The Kier molecular flexibility index (Phi) is 4.70. The molecule has 1 saturated heterocycles. The Hall–Kier alpha value is -1.49. The Balaban J connectivity index is 2.16. The number of amides is 1. The number of piperidine rings is 1. The Bertz CT molecular complexity index is 453. The smallest absolute Gasteiger partial charge is 0.244 e. The molecule has 1 aliphatic heterocycles. The first-order chi connectivity index (χ1) is 9.49. The Morgan fingerprint density at radius 2 is 1.80 bits per heavy atom. The van der Waals surface area contributed by atoms with E-state index < -0.39 is 12.2 Å². The van der Waals surface area contributed by atoms with Crippen LogP contribution in [0.15, 0.2) is 24.3 Å². The summed E-state index contributed by atoms with van der Waals surface area (Å²) < 4.78 is 26.2. The maximum absolute atomic E-state index is 13.2. The molecule has 0 radical (unpaired) electrons. The lowest BCUT2D eigenvalue weighted by Crippen LogP contribution is -2.44. The van der Waals surface area contributed by atoms with Gasteiger partial charge >= 0.3 is 0 Å². The highest BCUT2D eigenvalue weighted by Crippen LogP contribution is 2.24. The molecule has 0 aromatic heterocycles. The first-order valence-electron chi connectivity index (χ1n) is 6.84. The zero-order valence-electron chi connectivity index (χ0n) is 11.9. The molecule has 2 rings (SSSR count). The van der Waals surface area contributed by atoms with Crippen LogP contribution in [-0.2, 0) is 4.79 Å². The average molecular weight is 282 g/mol. The fraction of sp³-hybridized carbons (Fsp3) is 0.533. The van der Waals surface area contributed by atoms with Crippen LogP contribution < -0.4 is 0 Å². The molecular formula is C15H20F2N2O. The number of likely N-dealkylation sites (tertiary alicyclic amines) is 1. The number of hydrogen-bond donors (Lipinski definition) is 0. The van der Waals surface area contributed by atoms with Crippen molar-refractivity contribution in [3.8, 4) is 0 Å². The third-order valence-electron chi connectivity index (χ3n) is 3.67. The Morgan fingerprint density at radius 1 is 1.25 bits per heavy atom. The van der Waals surface area contributed by atoms with Gasteiger partial charge in [0.2, 0.25) is 5.91 Å². The fourth-order valence-corrected chi connectivity index (χ4v) is 2.55. The van der Waals surface area contributed by atoms with Crippen LogP contribution in [0.25, 0.3) is 0 Å². The van der Waals surface area contributed by atoms with Crippen molar-refractivity contribution in [3.63, 3.8) is 0 Å². The van der Waals surface area contributed by atoms with Gasteiger partial charge in [-0.3, -0.25) is 9.69 Å². The molecule has 0 N–H and O–H groups in total. The van der Waals surface area contributed by atoms with Crippen molar-refractivity contribution in [1.29, 1.82) is 0 Å². The molecule has 1 aliphatic rings. The van der Waals surface area contributed by atoms with Crippen LogP contribution in [0.5, 0.6) is 0 Å². The van der Waals surface area contributed by atoms with Gasteiger partial charge in [-0.25, -0.2) is 8.78 Å². The fourth-order valence-electron chi connectivity index (χ4n) is 2.55. The molecule has 0 bridgehead atoms. The van der Waals surface area contributed by atoms with Gasteiger partial charge in [0.25, 0.3) is 0 Å². The number of carbonyl (C=O) groups excluding carboxylic acids is 1. The minimum absolute atomic E-state index is 0.0477. The molecule has 1 amide bonds. The summed E-state index contributed by atoms with van der Waals surface area (Å²) in [6, 6.07) is 5.51. The summed E-state index contributed by atoms with van der Waals surface area (Å²) in [4.78, 5) is 16.1. The number of hydrogen-bond acceptors (Lipinski definition) is 2. The topological polar surface area (TPSA) is 23.6 Å². The lowest BCUT2D eigenvalue weighted by Gasteiger charge is -2.34. The standard InChI is InChI=1S/C15H20F2N2O/c1-18(2)14(11-3-5-12(16)6-4-11)15(20)19-9-7-13(17)8-10-19/h3-6,13-14H,7-10H2,1-2H3. The van der Waals surface area contributed by atoms with Crippen LogP contribution in [0.2, 0.25) is 0 Å². The molecular weight excluding hydrogens is 262 g/mol. The van der Waals surface area contributed by atoms with E-state index in [-0.39, 0.29) is 11.7 Å². The predicted molar refractivity (Wildman–Crippen MR) is 73.5 cm³/mol. The lowest BCUT2D eigenvalue weighted by molar-refractivity contribution is -0.137. The molecule has 20 heavy (non-hydrogen) atoms. The highest BCUT2D eigenvalue weighted by atomic mass is 19.1. The molecule has 1 aromatic rings. The van der Waals surface area contributed by atoms with E-state index >= 15 is 0 Å². The van der Waals surface area contributed by atoms with Gasteiger partial charge in [-0.1, -0.05) is 12.1 Å².